The molecule has 0 radical (unpaired) electrons. The number of carbonyl (C=O) groups is 2. The third kappa shape index (κ3) is 3.80. The minimum atomic E-state index is -0.342. The molecule has 0 aromatic heterocycles. The number of nitrogens with zero attached hydrogens (tertiary/aromatic N) is 2. The van der Waals surface area contributed by atoms with Crippen molar-refractivity contribution in [1.29, 1.82) is 0 Å². The van der Waals surface area contributed by atoms with Crippen LogP contribution in [0.25, 0.3) is 0 Å². The highest BCUT2D eigenvalue weighted by Gasteiger charge is 2.33. The van der Waals surface area contributed by atoms with Crippen LogP contribution >= 0.6 is 27.5 Å². The summed E-state index contributed by atoms with van der Waals surface area (Å²) in [6.07, 6.45) is 0.273. The van der Waals surface area contributed by atoms with Crippen LogP contribution in [-0.2, 0) is 11.3 Å². The lowest BCUT2D eigenvalue weighted by Gasteiger charge is -2.34. The highest BCUT2D eigenvalue weighted by atomic mass is 79.9. The Hall–Kier alpha value is -2.05. The lowest BCUT2D eigenvalue weighted by atomic mass is 10.1. The summed E-state index contributed by atoms with van der Waals surface area (Å²) >= 11 is 9.46. The number of hydrogen-bond acceptors (Lipinski definition) is 3. The van der Waals surface area contributed by atoms with Gasteiger partial charge in [0.2, 0.25) is 5.91 Å². The fourth-order valence-electron chi connectivity index (χ4n) is 2.65. The predicted molar refractivity (Wildman–Crippen MR) is 100 cm³/mol. The van der Waals surface area contributed by atoms with Crippen molar-refractivity contribution in [3.05, 3.63) is 57.5 Å². The first-order chi connectivity index (χ1) is 12.0. The summed E-state index contributed by atoms with van der Waals surface area (Å²) in [6.45, 7) is 0.567. The third-order valence-electron chi connectivity index (χ3n) is 4.03. The van der Waals surface area contributed by atoms with Crippen LogP contribution in [0.15, 0.2) is 46.9 Å². The van der Waals surface area contributed by atoms with Crippen LogP contribution in [0, 0.1) is 0 Å². The van der Waals surface area contributed by atoms with E-state index < -0.39 is 0 Å². The van der Waals surface area contributed by atoms with Crippen molar-refractivity contribution in [2.24, 2.45) is 0 Å². The van der Waals surface area contributed by atoms with E-state index in [4.69, 9.17) is 16.3 Å². The Balaban J connectivity index is 1.81. The maximum atomic E-state index is 12.8. The topological polar surface area (TPSA) is 49.9 Å². The van der Waals surface area contributed by atoms with Gasteiger partial charge in [0.25, 0.3) is 0 Å². The molecule has 0 bridgehead atoms. The Kier molecular flexibility index (Phi) is 5.30. The minimum absolute atomic E-state index is 0.180. The van der Waals surface area contributed by atoms with E-state index in [1.807, 2.05) is 12.1 Å². The average molecular weight is 424 g/mol. The van der Waals surface area contributed by atoms with E-state index in [9.17, 15) is 9.59 Å². The SMILES string of the molecule is COc1ccc(CN2C(=O)CCN(c3ccc(Br)c(Cl)c3)C2=O)cc1. The van der Waals surface area contributed by atoms with Crippen molar-refractivity contribution in [2.45, 2.75) is 13.0 Å². The quantitative estimate of drug-likeness (QED) is 0.729. The summed E-state index contributed by atoms with van der Waals surface area (Å²) in [5.41, 5.74) is 1.53. The van der Waals surface area contributed by atoms with Gasteiger partial charge in [-0.05, 0) is 51.8 Å². The number of urea groups is 1. The second kappa shape index (κ2) is 7.45. The molecule has 1 heterocycles. The molecule has 0 N–H and O–H groups in total. The molecular weight excluding hydrogens is 408 g/mol. The van der Waals surface area contributed by atoms with Gasteiger partial charge >= 0.3 is 6.03 Å². The zero-order chi connectivity index (χ0) is 18.0. The molecule has 130 valence electrons. The molecule has 0 unspecified atom stereocenters. The number of hydrogen-bond donors (Lipinski definition) is 0. The van der Waals surface area contributed by atoms with Gasteiger partial charge in [-0.25, -0.2) is 4.79 Å². The van der Waals surface area contributed by atoms with Crippen LogP contribution in [0.4, 0.5) is 10.5 Å². The highest BCUT2D eigenvalue weighted by Crippen LogP contribution is 2.30. The normalized spacial score (nSPS) is 14.8. The predicted octanol–water partition coefficient (Wildman–Crippen LogP) is 4.47. The summed E-state index contributed by atoms with van der Waals surface area (Å²) in [7, 11) is 1.59. The number of amides is 3. The summed E-state index contributed by atoms with van der Waals surface area (Å²) in [6, 6.07) is 12.3. The molecule has 0 atom stereocenters. The van der Waals surface area contributed by atoms with E-state index in [0.717, 1.165) is 15.8 Å². The van der Waals surface area contributed by atoms with Gasteiger partial charge < -0.3 is 4.74 Å². The van der Waals surface area contributed by atoms with Crippen LogP contribution < -0.4 is 9.64 Å². The molecule has 1 fully saturated rings. The third-order valence-corrected chi connectivity index (χ3v) is 5.26. The highest BCUT2D eigenvalue weighted by molar-refractivity contribution is 9.10. The van der Waals surface area contributed by atoms with Gasteiger partial charge in [0.05, 0.1) is 18.7 Å². The molecular formula is C18H16BrClN2O3. The van der Waals surface area contributed by atoms with Gasteiger partial charge in [0, 0.05) is 23.1 Å². The first-order valence-electron chi connectivity index (χ1n) is 7.69. The van der Waals surface area contributed by atoms with Gasteiger partial charge in [-0.1, -0.05) is 23.7 Å². The molecule has 7 heteroatoms. The maximum Gasteiger partial charge on any atom is 0.331 e. The van der Waals surface area contributed by atoms with Gasteiger partial charge in [-0.15, -0.1) is 0 Å². The molecule has 3 amide bonds. The Bertz CT molecular complexity index is 810. The number of ether oxygens (including phenoxy) is 1. The molecule has 2 aromatic rings. The Labute approximate surface area is 159 Å². The monoisotopic (exact) mass is 422 g/mol. The zero-order valence-corrected chi connectivity index (χ0v) is 15.9. The second-order valence-electron chi connectivity index (χ2n) is 5.61. The number of carbonyl (C=O) groups excluding carboxylic acids is 2. The largest absolute Gasteiger partial charge is 0.497 e. The number of anilines is 1. The molecule has 1 aliphatic heterocycles. The van der Waals surface area contributed by atoms with E-state index in [0.29, 0.717) is 17.3 Å². The molecule has 3 rings (SSSR count). The molecule has 0 spiro atoms. The zero-order valence-electron chi connectivity index (χ0n) is 13.5. The van der Waals surface area contributed by atoms with E-state index in [2.05, 4.69) is 15.9 Å². The van der Waals surface area contributed by atoms with Gasteiger partial charge in [-0.3, -0.25) is 14.6 Å². The first kappa shape index (κ1) is 17.8. The molecule has 1 saturated heterocycles. The number of halogens is 2. The van der Waals surface area contributed by atoms with Crippen LogP contribution in [0.1, 0.15) is 12.0 Å². The van der Waals surface area contributed by atoms with Crippen LogP contribution in [0.5, 0.6) is 5.75 Å². The number of imide groups is 1. The smallest absolute Gasteiger partial charge is 0.331 e. The molecule has 2 aromatic carbocycles. The van der Waals surface area contributed by atoms with Crippen LogP contribution in [-0.4, -0.2) is 30.5 Å². The molecule has 1 aliphatic rings. The van der Waals surface area contributed by atoms with E-state index >= 15 is 0 Å². The van der Waals surface area contributed by atoms with Crippen molar-refractivity contribution in [2.75, 3.05) is 18.6 Å². The lowest BCUT2D eigenvalue weighted by molar-refractivity contribution is -0.129. The molecule has 5 nitrogen and oxygen atoms in total. The van der Waals surface area contributed by atoms with E-state index in [-0.39, 0.29) is 24.9 Å². The number of methoxy groups -OCH3 is 1. The van der Waals surface area contributed by atoms with E-state index in [1.165, 1.54) is 4.90 Å². The Morgan fingerprint density at radius 3 is 2.52 bits per heavy atom. The van der Waals surface area contributed by atoms with Crippen LogP contribution in [0.3, 0.4) is 0 Å². The minimum Gasteiger partial charge on any atom is -0.497 e. The molecule has 0 saturated carbocycles. The maximum absolute atomic E-state index is 12.8. The molecule has 0 aliphatic carbocycles. The fraction of sp³-hybridized carbons (Fsp3) is 0.222. The van der Waals surface area contributed by atoms with E-state index in [1.54, 1.807) is 42.3 Å². The van der Waals surface area contributed by atoms with Crippen LogP contribution in [0.2, 0.25) is 5.02 Å². The average Bonchev–Trinajstić information content (AvgIpc) is 2.62. The fourth-order valence-corrected chi connectivity index (χ4v) is 3.07. The number of rotatable bonds is 4. The molecule has 25 heavy (non-hydrogen) atoms. The lowest BCUT2D eigenvalue weighted by Crippen LogP contribution is -2.52. The Morgan fingerprint density at radius 1 is 1.16 bits per heavy atom. The summed E-state index contributed by atoms with van der Waals surface area (Å²) in [4.78, 5) is 27.9. The Morgan fingerprint density at radius 2 is 1.88 bits per heavy atom. The van der Waals surface area contributed by atoms with Gasteiger partial charge in [0.15, 0.2) is 0 Å². The van der Waals surface area contributed by atoms with Crippen molar-refractivity contribution in [3.63, 3.8) is 0 Å². The second-order valence-corrected chi connectivity index (χ2v) is 6.87. The van der Waals surface area contributed by atoms with Gasteiger partial charge in [-0.2, -0.15) is 0 Å². The summed E-state index contributed by atoms with van der Waals surface area (Å²) < 4.78 is 5.88. The summed E-state index contributed by atoms with van der Waals surface area (Å²) in [5, 5.41) is 0.518. The summed E-state index contributed by atoms with van der Waals surface area (Å²) in [5.74, 6) is 0.548. The standard InChI is InChI=1S/C18H16BrClN2O3/c1-25-14-5-2-12(3-6-14)11-22-17(23)8-9-21(18(22)24)13-4-7-15(19)16(20)10-13/h2-7,10H,8-9,11H2,1H3. The first-order valence-corrected chi connectivity index (χ1v) is 8.86. The van der Waals surface area contributed by atoms with Crippen molar-refractivity contribution in [1.82, 2.24) is 4.90 Å². The van der Waals surface area contributed by atoms with Crippen molar-refractivity contribution >= 4 is 45.2 Å². The van der Waals surface area contributed by atoms with Crippen molar-refractivity contribution < 1.29 is 14.3 Å². The number of benzene rings is 2. The van der Waals surface area contributed by atoms with Gasteiger partial charge in [0.1, 0.15) is 5.75 Å². The van der Waals surface area contributed by atoms with Crippen molar-refractivity contribution in [3.8, 4) is 5.75 Å².